The molecule has 1 saturated carbocycles. The lowest BCUT2D eigenvalue weighted by atomic mass is 9.87. The molecule has 0 aliphatic heterocycles. The van der Waals surface area contributed by atoms with Gasteiger partial charge in [0.2, 0.25) is 6.41 Å². The molecule has 0 bridgehead atoms. The van der Waals surface area contributed by atoms with E-state index in [9.17, 15) is 14.0 Å². The van der Waals surface area contributed by atoms with E-state index in [-0.39, 0.29) is 24.4 Å². The highest BCUT2D eigenvalue weighted by atomic mass is 19.1. The van der Waals surface area contributed by atoms with E-state index >= 15 is 0 Å². The number of unbranched alkanes of at least 4 members (excludes halogenated alkanes) is 1. The van der Waals surface area contributed by atoms with E-state index in [2.05, 4.69) is 36.2 Å². The van der Waals surface area contributed by atoms with Crippen LogP contribution in [-0.4, -0.2) is 24.0 Å². The maximum atomic E-state index is 13.7. The molecule has 1 aliphatic carbocycles. The topological polar surface area (TPSA) is 68.3 Å². The summed E-state index contributed by atoms with van der Waals surface area (Å²) in [6.07, 6.45) is 10.8. The summed E-state index contributed by atoms with van der Waals surface area (Å²) < 4.78 is 19.2. The minimum atomic E-state index is -0.411. The van der Waals surface area contributed by atoms with E-state index in [1.807, 2.05) is 20.8 Å². The summed E-state index contributed by atoms with van der Waals surface area (Å²) in [7, 11) is 0. The largest absolute Gasteiger partial charge is 0.462 e. The predicted molar refractivity (Wildman–Crippen MR) is 151 cm³/mol. The molecule has 6 heteroatoms. The van der Waals surface area contributed by atoms with Gasteiger partial charge in [-0.1, -0.05) is 56.8 Å². The molecule has 5 nitrogen and oxygen atoms in total. The van der Waals surface area contributed by atoms with Crippen molar-refractivity contribution in [2.75, 3.05) is 6.61 Å². The summed E-state index contributed by atoms with van der Waals surface area (Å²) in [5, 5.41) is 2.93. The van der Waals surface area contributed by atoms with Crippen molar-refractivity contribution in [3.8, 4) is 11.1 Å². The number of nitrogens with one attached hydrogen (secondary N) is 1. The molecule has 1 amide bonds. The number of halogens is 1. The molecule has 1 unspecified atom stereocenters. The smallest absolute Gasteiger partial charge is 0.340 e. The van der Waals surface area contributed by atoms with Gasteiger partial charge in [0.25, 0.3) is 0 Å². The van der Waals surface area contributed by atoms with Crippen molar-refractivity contribution in [2.24, 2.45) is 5.92 Å². The van der Waals surface area contributed by atoms with Crippen molar-refractivity contribution >= 4 is 12.4 Å². The van der Waals surface area contributed by atoms with Crippen molar-refractivity contribution in [3.63, 3.8) is 0 Å². The highest BCUT2D eigenvalue weighted by Crippen LogP contribution is 2.41. The van der Waals surface area contributed by atoms with E-state index in [1.54, 1.807) is 13.0 Å². The third-order valence-electron chi connectivity index (χ3n) is 6.83. The number of aromatic nitrogens is 1. The van der Waals surface area contributed by atoms with Gasteiger partial charge in [-0.3, -0.25) is 9.78 Å². The summed E-state index contributed by atoms with van der Waals surface area (Å²) in [6.45, 7) is 11.6. The molecule has 0 radical (unpaired) electrons. The number of nitrogens with zero attached hydrogens (tertiary/aromatic N) is 1. The molecular weight excluding hydrogens is 479 g/mol. The minimum Gasteiger partial charge on any atom is -0.462 e. The summed E-state index contributed by atoms with van der Waals surface area (Å²) in [4.78, 5) is 29.8. The first-order valence-electron chi connectivity index (χ1n) is 13.5. The lowest BCUT2D eigenvalue weighted by Crippen LogP contribution is -2.28. The third kappa shape index (κ3) is 7.27. The first-order valence-corrected chi connectivity index (χ1v) is 13.5. The van der Waals surface area contributed by atoms with Gasteiger partial charge in [-0.2, -0.15) is 0 Å². The number of hydrogen-bond donors (Lipinski definition) is 1. The van der Waals surface area contributed by atoms with E-state index in [0.29, 0.717) is 42.8 Å². The number of amides is 1. The quantitative estimate of drug-likeness (QED) is 0.122. The first-order chi connectivity index (χ1) is 18.3. The number of carbonyl (C=O) groups is 2. The van der Waals surface area contributed by atoms with Crippen LogP contribution in [0.2, 0.25) is 0 Å². The second-order valence-electron chi connectivity index (χ2n) is 10.0. The number of carbonyl (C=O) groups excluding carboxylic acids is 2. The Balaban J connectivity index is 2.12. The highest BCUT2D eigenvalue weighted by molar-refractivity contribution is 5.99. The summed E-state index contributed by atoms with van der Waals surface area (Å²) in [5.41, 5.74) is 5.70. The highest BCUT2D eigenvalue weighted by Gasteiger charge is 2.29. The standard InChI is InChI=1S/C32H39FN2O3/c1-6-11-26(33)12-9-8-10-13-27-29(32(37)38-7-2)28(25-18-16-24(17-19-25)23-14-15-23)22(5)31(35-27)30(21(3)4)34-20-36/h6,9,11-12,16-21,23,30H,1,7-8,10,13-15H2,2-5H3,(H,34,36)/b12-9-,26-11+. The Hall–Kier alpha value is -3.54. The number of ether oxygens (including phenoxy) is 1. The molecule has 3 rings (SSSR count). The number of hydrogen-bond acceptors (Lipinski definition) is 4. The van der Waals surface area contributed by atoms with Gasteiger partial charge < -0.3 is 10.1 Å². The molecule has 1 heterocycles. The molecule has 0 spiro atoms. The number of allylic oxidation sites excluding steroid dienone is 5. The average Bonchev–Trinajstić information content (AvgIpc) is 3.73. The first kappa shape index (κ1) is 29.0. The van der Waals surface area contributed by atoms with Crippen LogP contribution in [0, 0.1) is 12.8 Å². The van der Waals surface area contributed by atoms with Crippen LogP contribution in [0.15, 0.2) is 61.0 Å². The molecule has 1 aromatic carbocycles. The Morgan fingerprint density at radius 3 is 2.55 bits per heavy atom. The van der Waals surface area contributed by atoms with Crippen LogP contribution in [0.1, 0.15) is 91.3 Å². The van der Waals surface area contributed by atoms with Crippen LogP contribution < -0.4 is 5.32 Å². The van der Waals surface area contributed by atoms with Crippen LogP contribution in [0.4, 0.5) is 4.39 Å². The number of rotatable bonds is 14. The van der Waals surface area contributed by atoms with E-state index in [0.717, 1.165) is 22.4 Å². The van der Waals surface area contributed by atoms with E-state index in [4.69, 9.17) is 9.72 Å². The fourth-order valence-electron chi connectivity index (χ4n) is 4.76. The maximum Gasteiger partial charge on any atom is 0.340 e. The second kappa shape index (κ2) is 13.8. The third-order valence-corrected chi connectivity index (χ3v) is 6.83. The molecule has 38 heavy (non-hydrogen) atoms. The van der Waals surface area contributed by atoms with Gasteiger partial charge >= 0.3 is 5.97 Å². The number of aryl methyl sites for hydroxylation is 1. The van der Waals surface area contributed by atoms with Gasteiger partial charge in [-0.15, -0.1) is 0 Å². The van der Waals surface area contributed by atoms with Gasteiger partial charge in [0.05, 0.1) is 29.6 Å². The molecule has 2 aromatic rings. The van der Waals surface area contributed by atoms with Gasteiger partial charge in [0.15, 0.2) is 0 Å². The van der Waals surface area contributed by atoms with Crippen molar-refractivity contribution < 1.29 is 18.7 Å². The fraction of sp³-hybridized carbons (Fsp3) is 0.406. The minimum absolute atomic E-state index is 0.0836. The molecule has 1 aromatic heterocycles. The second-order valence-corrected chi connectivity index (χ2v) is 10.0. The lowest BCUT2D eigenvalue weighted by molar-refractivity contribution is -0.110. The van der Waals surface area contributed by atoms with Crippen LogP contribution in [0.3, 0.4) is 0 Å². The van der Waals surface area contributed by atoms with E-state index in [1.165, 1.54) is 36.6 Å². The number of benzene rings is 1. The van der Waals surface area contributed by atoms with Gasteiger partial charge in [0, 0.05) is 5.56 Å². The van der Waals surface area contributed by atoms with Crippen LogP contribution >= 0.6 is 0 Å². The molecule has 1 N–H and O–H groups in total. The molecule has 1 fully saturated rings. The van der Waals surface area contributed by atoms with Gasteiger partial charge in [-0.25, -0.2) is 9.18 Å². The van der Waals surface area contributed by atoms with Crippen molar-refractivity contribution in [2.45, 2.75) is 71.8 Å². The Labute approximate surface area is 225 Å². The van der Waals surface area contributed by atoms with Crippen molar-refractivity contribution in [1.82, 2.24) is 10.3 Å². The predicted octanol–water partition coefficient (Wildman–Crippen LogP) is 7.47. The SMILES string of the molecule is C=C/C=C(F)\C=C/CCCc1nc(C(NC=O)C(C)C)c(C)c(-c2ccc(C3CC3)cc2)c1C(=O)OCC. The average molecular weight is 519 g/mol. The normalized spacial score (nSPS) is 14.5. The Bertz CT molecular complexity index is 1190. The van der Waals surface area contributed by atoms with Gasteiger partial charge in [-0.05, 0) is 86.6 Å². The van der Waals surface area contributed by atoms with E-state index < -0.39 is 5.97 Å². The van der Waals surface area contributed by atoms with Crippen molar-refractivity contribution in [1.29, 1.82) is 0 Å². The lowest BCUT2D eigenvalue weighted by Gasteiger charge is -2.26. The van der Waals surface area contributed by atoms with Crippen LogP contribution in [0.25, 0.3) is 11.1 Å². The summed E-state index contributed by atoms with van der Waals surface area (Å²) in [5.74, 6) is -0.0645. The monoisotopic (exact) mass is 518 g/mol. The van der Waals surface area contributed by atoms with Crippen LogP contribution in [0.5, 0.6) is 0 Å². The number of pyridine rings is 1. The number of esters is 1. The van der Waals surface area contributed by atoms with Crippen molar-refractivity contribution in [3.05, 3.63) is 89.1 Å². The maximum absolute atomic E-state index is 13.7. The van der Waals surface area contributed by atoms with Gasteiger partial charge in [0.1, 0.15) is 5.83 Å². The zero-order chi connectivity index (χ0) is 27.7. The Morgan fingerprint density at radius 1 is 1.26 bits per heavy atom. The molecule has 1 aliphatic rings. The molecule has 0 saturated heterocycles. The molecule has 202 valence electrons. The fourth-order valence-corrected chi connectivity index (χ4v) is 4.76. The van der Waals surface area contributed by atoms with Crippen LogP contribution in [-0.2, 0) is 16.0 Å². The Kier molecular flexibility index (Phi) is 10.6. The zero-order valence-electron chi connectivity index (χ0n) is 22.9. The molecule has 1 atom stereocenters. The summed E-state index contributed by atoms with van der Waals surface area (Å²) in [6, 6.07) is 8.11. The zero-order valence-corrected chi connectivity index (χ0v) is 22.9. The Morgan fingerprint density at radius 2 is 1.97 bits per heavy atom. The summed E-state index contributed by atoms with van der Waals surface area (Å²) >= 11 is 0. The molecular formula is C32H39FN2O3.